The van der Waals surface area contributed by atoms with Crippen LogP contribution in [0.2, 0.25) is 0 Å². The fourth-order valence-electron chi connectivity index (χ4n) is 3.45. The van der Waals surface area contributed by atoms with Gasteiger partial charge in [0.05, 0.1) is 12.6 Å². The molecule has 0 bridgehead atoms. The van der Waals surface area contributed by atoms with E-state index in [-0.39, 0.29) is 11.3 Å². The summed E-state index contributed by atoms with van der Waals surface area (Å²) in [5, 5.41) is 12.5. The molecule has 0 spiro atoms. The van der Waals surface area contributed by atoms with Crippen molar-refractivity contribution in [2.45, 2.75) is 70.4 Å². The van der Waals surface area contributed by atoms with Gasteiger partial charge in [-0.25, -0.2) is 0 Å². The van der Waals surface area contributed by atoms with Gasteiger partial charge in [0.2, 0.25) is 5.91 Å². The molecule has 1 aromatic carbocycles. The molecule has 1 fully saturated rings. The molecule has 0 saturated heterocycles. The Balaban J connectivity index is 1.88. The molecule has 0 aliphatic heterocycles. The van der Waals surface area contributed by atoms with E-state index in [1.54, 1.807) is 0 Å². The Morgan fingerprint density at radius 1 is 1.20 bits per heavy atom. The molecule has 1 aromatic rings. The molecule has 0 unspecified atom stereocenters. The molecule has 136 valence electrons. The number of likely N-dealkylation sites (N-methyl/N-ethyl adjacent to an activating group) is 1. The lowest BCUT2D eigenvalue weighted by atomic mass is 9.83. The number of hydrogen-bond acceptors (Lipinski definition) is 3. The molecule has 1 aliphatic rings. The number of carbonyl (C=O) groups is 1. The topological polar surface area (TPSA) is 56.1 Å². The van der Waals surface area contributed by atoms with Crippen molar-refractivity contribution in [3.8, 4) is 6.07 Å². The van der Waals surface area contributed by atoms with Gasteiger partial charge in [0, 0.05) is 6.54 Å². The standard InChI is InChI=1S/C21H31N3O/c1-20(2,3)18-10-8-17(9-11-18)14-24(4)15-19(25)23-21(16-22)12-6-5-7-13-21/h8-11H,5-7,12-15H2,1-4H3,(H,23,25). The fraction of sp³-hybridized carbons (Fsp3) is 0.619. The Hall–Kier alpha value is -1.86. The molecule has 4 nitrogen and oxygen atoms in total. The molecule has 4 heteroatoms. The highest BCUT2D eigenvalue weighted by Gasteiger charge is 2.33. The first kappa shape index (κ1) is 19.5. The van der Waals surface area contributed by atoms with Crippen LogP contribution in [0, 0.1) is 11.3 Å². The second-order valence-electron chi connectivity index (χ2n) is 8.42. The zero-order chi connectivity index (χ0) is 18.5. The van der Waals surface area contributed by atoms with E-state index in [9.17, 15) is 10.1 Å². The summed E-state index contributed by atoms with van der Waals surface area (Å²) in [6.07, 6.45) is 4.73. The third-order valence-corrected chi connectivity index (χ3v) is 4.99. The van der Waals surface area contributed by atoms with Gasteiger partial charge in [-0.05, 0) is 36.4 Å². The highest BCUT2D eigenvalue weighted by atomic mass is 16.2. The van der Waals surface area contributed by atoms with Crippen LogP contribution >= 0.6 is 0 Å². The average Bonchev–Trinajstić information content (AvgIpc) is 2.55. The number of rotatable bonds is 5. The molecule has 1 saturated carbocycles. The SMILES string of the molecule is CN(CC(=O)NC1(C#N)CCCCC1)Cc1ccc(C(C)(C)C)cc1. The van der Waals surface area contributed by atoms with Crippen molar-refractivity contribution >= 4 is 5.91 Å². The van der Waals surface area contributed by atoms with Gasteiger partial charge in [-0.3, -0.25) is 9.69 Å². The fourth-order valence-corrected chi connectivity index (χ4v) is 3.45. The molecule has 1 N–H and O–H groups in total. The van der Waals surface area contributed by atoms with Crippen LogP contribution in [-0.4, -0.2) is 29.9 Å². The highest BCUT2D eigenvalue weighted by molar-refractivity contribution is 5.79. The van der Waals surface area contributed by atoms with E-state index in [4.69, 9.17) is 0 Å². The van der Waals surface area contributed by atoms with Crippen molar-refractivity contribution < 1.29 is 4.79 Å². The van der Waals surface area contributed by atoms with E-state index >= 15 is 0 Å². The number of amides is 1. The second-order valence-corrected chi connectivity index (χ2v) is 8.42. The van der Waals surface area contributed by atoms with Crippen molar-refractivity contribution in [1.82, 2.24) is 10.2 Å². The molecule has 0 atom stereocenters. The lowest BCUT2D eigenvalue weighted by Crippen LogP contribution is -2.51. The first-order valence-electron chi connectivity index (χ1n) is 9.24. The largest absolute Gasteiger partial charge is 0.337 e. The van der Waals surface area contributed by atoms with Crippen LogP contribution in [0.25, 0.3) is 0 Å². The number of nitriles is 1. The summed E-state index contributed by atoms with van der Waals surface area (Å²) in [6.45, 7) is 7.64. The number of carbonyl (C=O) groups excluding carboxylic acids is 1. The summed E-state index contributed by atoms with van der Waals surface area (Å²) in [4.78, 5) is 14.4. The monoisotopic (exact) mass is 341 g/mol. The second kappa shape index (κ2) is 8.01. The van der Waals surface area contributed by atoms with Crippen LogP contribution in [0.5, 0.6) is 0 Å². The normalized spacial score (nSPS) is 17.1. The van der Waals surface area contributed by atoms with Crippen LogP contribution in [0.15, 0.2) is 24.3 Å². The number of hydrogen-bond donors (Lipinski definition) is 1. The Labute approximate surface area is 152 Å². The smallest absolute Gasteiger partial charge is 0.235 e. The lowest BCUT2D eigenvalue weighted by molar-refractivity contribution is -0.123. The Bertz CT molecular complexity index is 616. The van der Waals surface area contributed by atoms with Gasteiger partial charge >= 0.3 is 0 Å². The van der Waals surface area contributed by atoms with Crippen molar-refractivity contribution in [2.75, 3.05) is 13.6 Å². The summed E-state index contributed by atoms with van der Waals surface area (Å²) in [6, 6.07) is 10.9. The van der Waals surface area contributed by atoms with E-state index in [1.165, 1.54) is 11.1 Å². The number of nitrogens with zero attached hydrogens (tertiary/aromatic N) is 2. The van der Waals surface area contributed by atoms with Crippen molar-refractivity contribution in [3.63, 3.8) is 0 Å². The first-order chi connectivity index (χ1) is 11.7. The summed E-state index contributed by atoms with van der Waals surface area (Å²) in [5.41, 5.74) is 2.00. The van der Waals surface area contributed by atoms with Crippen LogP contribution in [0.3, 0.4) is 0 Å². The van der Waals surface area contributed by atoms with Crippen LogP contribution in [0.4, 0.5) is 0 Å². The summed E-state index contributed by atoms with van der Waals surface area (Å²) < 4.78 is 0. The lowest BCUT2D eigenvalue weighted by Gasteiger charge is -2.32. The van der Waals surface area contributed by atoms with E-state index in [0.717, 1.165) is 38.6 Å². The van der Waals surface area contributed by atoms with Gasteiger partial charge in [0.15, 0.2) is 0 Å². The molecule has 1 amide bonds. The zero-order valence-corrected chi connectivity index (χ0v) is 16.1. The van der Waals surface area contributed by atoms with Gasteiger partial charge in [-0.2, -0.15) is 5.26 Å². The molecule has 0 heterocycles. The minimum absolute atomic E-state index is 0.0581. The highest BCUT2D eigenvalue weighted by Crippen LogP contribution is 2.27. The molecular weight excluding hydrogens is 310 g/mol. The summed E-state index contributed by atoms with van der Waals surface area (Å²) in [5.74, 6) is -0.0581. The van der Waals surface area contributed by atoms with E-state index in [1.807, 2.05) is 11.9 Å². The van der Waals surface area contributed by atoms with Crippen LogP contribution < -0.4 is 5.32 Å². The van der Waals surface area contributed by atoms with E-state index in [2.05, 4.69) is 56.4 Å². The summed E-state index contributed by atoms with van der Waals surface area (Å²) >= 11 is 0. The minimum Gasteiger partial charge on any atom is -0.337 e. The maximum Gasteiger partial charge on any atom is 0.235 e. The van der Waals surface area contributed by atoms with Crippen LogP contribution in [0.1, 0.15) is 64.0 Å². The maximum absolute atomic E-state index is 12.4. The Kier molecular flexibility index (Phi) is 6.24. The van der Waals surface area contributed by atoms with Gasteiger partial charge in [0.1, 0.15) is 5.54 Å². The van der Waals surface area contributed by atoms with Crippen molar-refractivity contribution in [3.05, 3.63) is 35.4 Å². The quantitative estimate of drug-likeness (QED) is 0.887. The van der Waals surface area contributed by atoms with Gasteiger partial charge in [-0.15, -0.1) is 0 Å². The molecule has 1 aliphatic carbocycles. The van der Waals surface area contributed by atoms with Crippen LogP contribution in [-0.2, 0) is 16.8 Å². The van der Waals surface area contributed by atoms with Gasteiger partial charge in [0.25, 0.3) is 0 Å². The van der Waals surface area contributed by atoms with E-state index < -0.39 is 5.54 Å². The Morgan fingerprint density at radius 3 is 2.32 bits per heavy atom. The van der Waals surface area contributed by atoms with Gasteiger partial charge in [-0.1, -0.05) is 64.3 Å². The zero-order valence-electron chi connectivity index (χ0n) is 16.1. The average molecular weight is 341 g/mol. The molecule has 25 heavy (non-hydrogen) atoms. The third-order valence-electron chi connectivity index (χ3n) is 4.99. The third kappa shape index (κ3) is 5.57. The minimum atomic E-state index is -0.648. The number of nitrogens with one attached hydrogen (secondary N) is 1. The summed E-state index contributed by atoms with van der Waals surface area (Å²) in [7, 11) is 1.94. The molecule has 0 aromatic heterocycles. The van der Waals surface area contributed by atoms with Crippen molar-refractivity contribution in [1.29, 1.82) is 5.26 Å². The van der Waals surface area contributed by atoms with E-state index in [0.29, 0.717) is 6.54 Å². The first-order valence-corrected chi connectivity index (χ1v) is 9.24. The van der Waals surface area contributed by atoms with Crippen molar-refractivity contribution in [2.24, 2.45) is 0 Å². The predicted octanol–water partition coefficient (Wildman–Crippen LogP) is 3.76. The number of benzene rings is 1. The predicted molar refractivity (Wildman–Crippen MR) is 101 cm³/mol. The Morgan fingerprint density at radius 2 is 1.80 bits per heavy atom. The van der Waals surface area contributed by atoms with Gasteiger partial charge < -0.3 is 5.32 Å². The molecule has 2 rings (SSSR count). The maximum atomic E-state index is 12.4. The molecular formula is C21H31N3O. The molecule has 0 radical (unpaired) electrons.